The molecule has 1 aromatic carbocycles. The minimum absolute atomic E-state index is 0.137. The van der Waals surface area contributed by atoms with Gasteiger partial charge in [0.15, 0.2) is 0 Å². The smallest absolute Gasteiger partial charge is 0.408 e. The number of benzene rings is 1. The first-order valence-electron chi connectivity index (χ1n) is 12.4. The predicted molar refractivity (Wildman–Crippen MR) is 134 cm³/mol. The number of carbonyl (C=O) groups excluding carboxylic acids is 2. The number of rotatable bonds is 14. The molecular weight excluding hydrogens is 434 g/mol. The molecule has 1 N–H and O–H groups in total. The second-order valence-electron chi connectivity index (χ2n) is 9.89. The van der Waals surface area contributed by atoms with E-state index in [4.69, 9.17) is 18.9 Å². The highest BCUT2D eigenvalue weighted by atomic mass is 16.6. The monoisotopic (exact) mass is 479 g/mol. The van der Waals surface area contributed by atoms with E-state index in [1.807, 2.05) is 0 Å². The van der Waals surface area contributed by atoms with Crippen LogP contribution in [-0.2, 0) is 31.8 Å². The van der Waals surface area contributed by atoms with Gasteiger partial charge in [-0.15, -0.1) is 0 Å². The third-order valence-corrected chi connectivity index (χ3v) is 5.50. The zero-order valence-corrected chi connectivity index (χ0v) is 22.4. The van der Waals surface area contributed by atoms with Crippen molar-refractivity contribution in [1.82, 2.24) is 5.32 Å². The van der Waals surface area contributed by atoms with Gasteiger partial charge in [0.05, 0.1) is 13.2 Å². The van der Waals surface area contributed by atoms with Crippen molar-refractivity contribution in [2.75, 3.05) is 26.9 Å². The van der Waals surface area contributed by atoms with E-state index >= 15 is 0 Å². The van der Waals surface area contributed by atoms with Crippen LogP contribution in [0.3, 0.4) is 0 Å². The molecule has 0 aliphatic carbocycles. The Morgan fingerprint density at radius 1 is 1.09 bits per heavy atom. The standard InChI is InChI=1S/C27H45NO6/c1-9-21-13-12-20(17-24(21)33-15-11-14-31-8)16-22(19(3)4)18-23(25(29)32-10-2)28-26(30)34-27(5,6)7/h12-13,17,19,22-23H,9-11,14-16,18H2,1-8H3,(H,28,30)/t22-,23-/m0/s1. The summed E-state index contributed by atoms with van der Waals surface area (Å²) in [5, 5.41) is 2.73. The van der Waals surface area contributed by atoms with Crippen molar-refractivity contribution in [2.24, 2.45) is 11.8 Å². The molecule has 7 nitrogen and oxygen atoms in total. The topological polar surface area (TPSA) is 83.1 Å². The summed E-state index contributed by atoms with van der Waals surface area (Å²) >= 11 is 0. The number of methoxy groups -OCH3 is 1. The molecule has 0 heterocycles. The highest BCUT2D eigenvalue weighted by Crippen LogP contribution is 2.27. The Balaban J connectivity index is 3.01. The molecule has 0 spiro atoms. The van der Waals surface area contributed by atoms with Crippen molar-refractivity contribution in [3.8, 4) is 5.75 Å². The summed E-state index contributed by atoms with van der Waals surface area (Å²) in [5.74, 6) is 0.877. The number of hydrogen-bond donors (Lipinski definition) is 1. The predicted octanol–water partition coefficient (Wildman–Crippen LogP) is 5.33. The first-order valence-corrected chi connectivity index (χ1v) is 12.4. The quantitative estimate of drug-likeness (QED) is 0.287. The van der Waals surface area contributed by atoms with Crippen LogP contribution in [0.2, 0.25) is 0 Å². The van der Waals surface area contributed by atoms with E-state index in [1.54, 1.807) is 34.8 Å². The Bertz CT molecular complexity index is 756. The van der Waals surface area contributed by atoms with E-state index in [0.717, 1.165) is 30.6 Å². The average Bonchev–Trinajstić information content (AvgIpc) is 2.74. The highest BCUT2D eigenvalue weighted by molar-refractivity contribution is 5.81. The van der Waals surface area contributed by atoms with Crippen LogP contribution in [0.25, 0.3) is 0 Å². The SMILES string of the molecule is CCOC(=O)[C@H](C[C@H](Cc1ccc(CC)c(OCCCOC)c1)C(C)C)NC(=O)OC(C)(C)C. The molecule has 0 saturated carbocycles. The van der Waals surface area contributed by atoms with E-state index < -0.39 is 23.7 Å². The number of aryl methyl sites for hydroxylation is 1. The lowest BCUT2D eigenvalue weighted by Gasteiger charge is -2.27. The summed E-state index contributed by atoms with van der Waals surface area (Å²) in [4.78, 5) is 25.0. The molecule has 1 amide bonds. The van der Waals surface area contributed by atoms with Gasteiger partial charge in [0.1, 0.15) is 17.4 Å². The van der Waals surface area contributed by atoms with Gasteiger partial charge < -0.3 is 24.3 Å². The van der Waals surface area contributed by atoms with Crippen LogP contribution < -0.4 is 10.1 Å². The van der Waals surface area contributed by atoms with Crippen LogP contribution in [0.15, 0.2) is 18.2 Å². The molecule has 0 saturated heterocycles. The Hall–Kier alpha value is -2.28. The minimum atomic E-state index is -0.776. The number of ether oxygens (including phenoxy) is 4. The van der Waals surface area contributed by atoms with Gasteiger partial charge in [0, 0.05) is 20.1 Å². The minimum Gasteiger partial charge on any atom is -0.493 e. The fourth-order valence-electron chi connectivity index (χ4n) is 3.64. The second-order valence-corrected chi connectivity index (χ2v) is 9.89. The number of amides is 1. The van der Waals surface area contributed by atoms with Crippen LogP contribution in [0.4, 0.5) is 4.79 Å². The van der Waals surface area contributed by atoms with Crippen LogP contribution >= 0.6 is 0 Å². The lowest BCUT2D eigenvalue weighted by molar-refractivity contribution is -0.146. The van der Waals surface area contributed by atoms with Crippen molar-refractivity contribution in [1.29, 1.82) is 0 Å². The van der Waals surface area contributed by atoms with Crippen LogP contribution in [-0.4, -0.2) is 50.6 Å². The summed E-state index contributed by atoms with van der Waals surface area (Å²) in [6, 6.07) is 5.56. The fraction of sp³-hybridized carbons (Fsp3) is 0.704. The summed E-state index contributed by atoms with van der Waals surface area (Å²) in [6.45, 7) is 15.0. The first kappa shape index (κ1) is 29.8. The molecule has 0 radical (unpaired) electrons. The first-order chi connectivity index (χ1) is 16.0. The molecular formula is C27H45NO6. The maximum Gasteiger partial charge on any atom is 0.408 e. The molecule has 1 rings (SSSR count). The molecule has 7 heteroatoms. The molecule has 34 heavy (non-hydrogen) atoms. The number of nitrogens with one attached hydrogen (secondary N) is 1. The van der Waals surface area contributed by atoms with Crippen LogP contribution in [0, 0.1) is 11.8 Å². The Labute approximate surface area is 205 Å². The number of esters is 1. The van der Waals surface area contributed by atoms with Gasteiger partial charge in [0.2, 0.25) is 0 Å². The van der Waals surface area contributed by atoms with Crippen molar-refractivity contribution in [3.63, 3.8) is 0 Å². The second kappa shape index (κ2) is 14.9. The van der Waals surface area contributed by atoms with Crippen molar-refractivity contribution < 1.29 is 28.5 Å². The molecule has 0 unspecified atom stereocenters. The molecule has 2 atom stereocenters. The molecule has 0 bridgehead atoms. The van der Waals surface area contributed by atoms with Crippen LogP contribution in [0.5, 0.6) is 5.75 Å². The zero-order valence-electron chi connectivity index (χ0n) is 22.4. The van der Waals surface area contributed by atoms with Crippen LogP contribution in [0.1, 0.15) is 72.4 Å². The zero-order chi connectivity index (χ0) is 25.7. The summed E-state index contributed by atoms with van der Waals surface area (Å²) in [5.41, 5.74) is 1.65. The van der Waals surface area contributed by atoms with Gasteiger partial charge >= 0.3 is 12.1 Å². The van der Waals surface area contributed by atoms with Crippen molar-refractivity contribution >= 4 is 12.1 Å². The van der Waals surface area contributed by atoms with E-state index in [-0.39, 0.29) is 18.4 Å². The number of carbonyl (C=O) groups is 2. The van der Waals surface area contributed by atoms with Gasteiger partial charge in [-0.05, 0) is 76.0 Å². The number of hydrogen-bond acceptors (Lipinski definition) is 6. The fourth-order valence-corrected chi connectivity index (χ4v) is 3.64. The summed E-state index contributed by atoms with van der Waals surface area (Å²) in [6.07, 6.45) is 2.30. The molecule has 0 aromatic heterocycles. The molecule has 0 aliphatic rings. The third-order valence-electron chi connectivity index (χ3n) is 5.50. The Kier molecular flexibility index (Phi) is 13.0. The van der Waals surface area contributed by atoms with E-state index in [1.165, 1.54) is 5.56 Å². The largest absolute Gasteiger partial charge is 0.493 e. The van der Waals surface area contributed by atoms with Gasteiger partial charge in [-0.2, -0.15) is 0 Å². The molecule has 194 valence electrons. The van der Waals surface area contributed by atoms with Crippen molar-refractivity contribution in [2.45, 2.75) is 85.8 Å². The normalized spacial score (nSPS) is 13.3. The van der Waals surface area contributed by atoms with Gasteiger partial charge in [-0.1, -0.05) is 32.9 Å². The molecule has 0 aliphatic heterocycles. The lowest BCUT2D eigenvalue weighted by Crippen LogP contribution is -2.45. The van der Waals surface area contributed by atoms with E-state index in [0.29, 0.717) is 19.6 Å². The highest BCUT2D eigenvalue weighted by Gasteiger charge is 2.29. The Morgan fingerprint density at radius 3 is 2.35 bits per heavy atom. The maximum absolute atomic E-state index is 12.6. The van der Waals surface area contributed by atoms with E-state index in [9.17, 15) is 9.59 Å². The average molecular weight is 480 g/mol. The van der Waals surface area contributed by atoms with Gasteiger partial charge in [-0.25, -0.2) is 9.59 Å². The summed E-state index contributed by atoms with van der Waals surface area (Å²) < 4.78 is 21.8. The Morgan fingerprint density at radius 2 is 1.79 bits per heavy atom. The summed E-state index contributed by atoms with van der Waals surface area (Å²) in [7, 11) is 1.69. The third kappa shape index (κ3) is 11.2. The van der Waals surface area contributed by atoms with E-state index in [2.05, 4.69) is 44.3 Å². The van der Waals surface area contributed by atoms with Crippen molar-refractivity contribution in [3.05, 3.63) is 29.3 Å². The van der Waals surface area contributed by atoms with Gasteiger partial charge in [0.25, 0.3) is 0 Å². The maximum atomic E-state index is 12.6. The molecule has 0 fully saturated rings. The van der Waals surface area contributed by atoms with Gasteiger partial charge in [-0.3, -0.25) is 0 Å². The number of alkyl carbamates (subject to hydrolysis) is 1. The molecule has 1 aromatic rings. The lowest BCUT2D eigenvalue weighted by atomic mass is 9.84.